The monoisotopic (exact) mass is 315 g/mol. The fourth-order valence-electron chi connectivity index (χ4n) is 2.07. The molecule has 0 bridgehead atoms. The Labute approximate surface area is 121 Å². The summed E-state index contributed by atoms with van der Waals surface area (Å²) >= 11 is 3.60. The van der Waals surface area contributed by atoms with Crippen molar-refractivity contribution in [3.63, 3.8) is 0 Å². The third-order valence-electron chi connectivity index (χ3n) is 2.92. The molecule has 19 heavy (non-hydrogen) atoms. The van der Waals surface area contributed by atoms with Gasteiger partial charge in [-0.25, -0.2) is 5.01 Å². The van der Waals surface area contributed by atoms with E-state index in [0.29, 0.717) is 0 Å². The zero-order chi connectivity index (χ0) is 13.1. The summed E-state index contributed by atoms with van der Waals surface area (Å²) in [5.74, 6) is 0. The van der Waals surface area contributed by atoms with Gasteiger partial charge in [0.2, 0.25) is 0 Å². The lowest BCUT2D eigenvalue weighted by Crippen LogP contribution is -2.50. The van der Waals surface area contributed by atoms with E-state index in [0.717, 1.165) is 17.9 Å². The summed E-state index contributed by atoms with van der Waals surface area (Å²) in [5.41, 5.74) is 2.22. The number of nitrogens with zero attached hydrogens (tertiary/aromatic N) is 3. The first-order chi connectivity index (χ1) is 9.36. The van der Waals surface area contributed by atoms with Gasteiger partial charge in [-0.15, -0.1) is 4.03 Å². The van der Waals surface area contributed by atoms with E-state index in [1.54, 1.807) is 0 Å². The number of benzene rings is 2. The summed E-state index contributed by atoms with van der Waals surface area (Å²) in [6, 6.07) is 20.6. The van der Waals surface area contributed by atoms with Crippen LogP contribution in [0, 0.1) is 0 Å². The zero-order valence-electron chi connectivity index (χ0n) is 10.4. The van der Waals surface area contributed by atoms with Gasteiger partial charge in [0.1, 0.15) is 0 Å². The van der Waals surface area contributed by atoms with Crippen molar-refractivity contribution >= 4 is 27.5 Å². The van der Waals surface area contributed by atoms with Crippen molar-refractivity contribution in [3.05, 3.63) is 72.9 Å². The van der Waals surface area contributed by atoms with Crippen molar-refractivity contribution in [2.75, 3.05) is 16.7 Å². The maximum atomic E-state index is 3.60. The molecule has 3 rings (SSSR count). The van der Waals surface area contributed by atoms with Gasteiger partial charge in [-0.1, -0.05) is 36.4 Å². The van der Waals surface area contributed by atoms with Gasteiger partial charge >= 0.3 is 0 Å². The van der Waals surface area contributed by atoms with Crippen LogP contribution in [0.2, 0.25) is 0 Å². The number of para-hydroxylation sites is 2. The summed E-state index contributed by atoms with van der Waals surface area (Å²) in [7, 11) is 0. The first-order valence-electron chi connectivity index (χ1n) is 6.15. The molecule has 1 heterocycles. The van der Waals surface area contributed by atoms with E-state index >= 15 is 0 Å². The highest BCUT2D eigenvalue weighted by Gasteiger charge is 2.22. The SMILES string of the molecule is BrN1CC=CN(c2ccccc2)N1c1ccccc1. The van der Waals surface area contributed by atoms with E-state index in [1.165, 1.54) is 0 Å². The van der Waals surface area contributed by atoms with Crippen LogP contribution in [0.1, 0.15) is 0 Å². The third kappa shape index (κ3) is 2.50. The molecular weight excluding hydrogens is 302 g/mol. The van der Waals surface area contributed by atoms with Gasteiger partial charge in [0.25, 0.3) is 0 Å². The lowest BCUT2D eigenvalue weighted by Gasteiger charge is -2.42. The lowest BCUT2D eigenvalue weighted by molar-refractivity contribution is 0.470. The van der Waals surface area contributed by atoms with E-state index in [-0.39, 0.29) is 0 Å². The summed E-state index contributed by atoms with van der Waals surface area (Å²) in [4.78, 5) is 0. The summed E-state index contributed by atoms with van der Waals surface area (Å²) in [5, 5.41) is 4.20. The Bertz CT molecular complexity index is 556. The molecule has 0 spiro atoms. The number of rotatable bonds is 2. The standard InChI is InChI=1S/C15H14BrN3/c16-18-13-7-12-17(14-8-3-1-4-9-14)19(18)15-10-5-2-6-11-15/h1-12H,13H2. The Hall–Kier alpha value is -1.78. The highest BCUT2D eigenvalue weighted by atomic mass is 79.9. The molecule has 0 aliphatic carbocycles. The molecule has 0 unspecified atom stereocenters. The molecule has 0 amide bonds. The van der Waals surface area contributed by atoms with Crippen LogP contribution < -0.4 is 10.1 Å². The van der Waals surface area contributed by atoms with Gasteiger partial charge in [-0.3, -0.25) is 0 Å². The van der Waals surface area contributed by atoms with E-state index < -0.39 is 0 Å². The predicted octanol–water partition coefficient (Wildman–Crippen LogP) is 3.97. The fourth-order valence-corrected chi connectivity index (χ4v) is 2.57. The van der Waals surface area contributed by atoms with Crippen LogP contribution in [0.4, 0.5) is 11.4 Å². The van der Waals surface area contributed by atoms with Crippen molar-refractivity contribution in [3.8, 4) is 0 Å². The second kappa shape index (κ2) is 5.47. The number of hydrogen-bond acceptors (Lipinski definition) is 3. The third-order valence-corrected chi connectivity index (χ3v) is 3.51. The normalized spacial score (nSPS) is 15.8. The van der Waals surface area contributed by atoms with Gasteiger partial charge < -0.3 is 0 Å². The van der Waals surface area contributed by atoms with Crippen molar-refractivity contribution in [2.45, 2.75) is 0 Å². The first kappa shape index (κ1) is 12.3. The molecule has 2 aromatic carbocycles. The van der Waals surface area contributed by atoms with Gasteiger partial charge in [0.05, 0.1) is 17.9 Å². The zero-order valence-corrected chi connectivity index (χ0v) is 11.9. The molecule has 0 N–H and O–H groups in total. The first-order valence-corrected chi connectivity index (χ1v) is 6.86. The Balaban J connectivity index is 2.01. The maximum Gasteiger partial charge on any atom is 0.0774 e. The number of anilines is 2. The van der Waals surface area contributed by atoms with Crippen LogP contribution in [0.3, 0.4) is 0 Å². The predicted molar refractivity (Wildman–Crippen MR) is 82.6 cm³/mol. The van der Waals surface area contributed by atoms with Gasteiger partial charge in [0, 0.05) is 22.3 Å². The Kier molecular flexibility index (Phi) is 3.53. The quantitative estimate of drug-likeness (QED) is 0.776. The van der Waals surface area contributed by atoms with E-state index in [1.807, 2.05) is 40.4 Å². The van der Waals surface area contributed by atoms with Crippen LogP contribution >= 0.6 is 16.1 Å². The van der Waals surface area contributed by atoms with Crippen molar-refractivity contribution in [2.24, 2.45) is 0 Å². The number of hydrogen-bond donors (Lipinski definition) is 0. The Morgan fingerprint density at radius 2 is 1.37 bits per heavy atom. The molecule has 0 aromatic heterocycles. The fraction of sp³-hybridized carbons (Fsp3) is 0.0667. The topological polar surface area (TPSA) is 9.72 Å². The molecule has 3 nitrogen and oxygen atoms in total. The molecule has 2 aromatic rings. The summed E-state index contributed by atoms with van der Waals surface area (Å²) in [6.07, 6.45) is 4.20. The lowest BCUT2D eigenvalue weighted by atomic mass is 10.3. The van der Waals surface area contributed by atoms with Gasteiger partial charge in [0.15, 0.2) is 0 Å². The molecule has 1 aliphatic rings. The second-order valence-electron chi connectivity index (χ2n) is 4.21. The smallest absolute Gasteiger partial charge is 0.0774 e. The minimum absolute atomic E-state index is 0.818. The van der Waals surface area contributed by atoms with Crippen molar-refractivity contribution in [1.29, 1.82) is 0 Å². The number of halogens is 1. The van der Waals surface area contributed by atoms with Crippen LogP contribution in [0.25, 0.3) is 0 Å². The molecular formula is C15H14BrN3. The molecule has 0 saturated heterocycles. The van der Waals surface area contributed by atoms with Crippen LogP contribution in [-0.4, -0.2) is 10.6 Å². The molecule has 0 atom stereocenters. The summed E-state index contributed by atoms with van der Waals surface area (Å²) in [6.45, 7) is 0.818. The molecule has 0 fully saturated rings. The molecule has 96 valence electrons. The number of hydrazine groups is 2. The van der Waals surface area contributed by atoms with Crippen LogP contribution in [-0.2, 0) is 0 Å². The highest BCUT2D eigenvalue weighted by Crippen LogP contribution is 2.28. The molecule has 0 radical (unpaired) electrons. The van der Waals surface area contributed by atoms with E-state index in [2.05, 4.69) is 62.8 Å². The average Bonchev–Trinajstić information content (AvgIpc) is 2.49. The van der Waals surface area contributed by atoms with E-state index in [4.69, 9.17) is 0 Å². The van der Waals surface area contributed by atoms with Crippen LogP contribution in [0.5, 0.6) is 0 Å². The maximum absolute atomic E-state index is 3.60. The summed E-state index contributed by atoms with van der Waals surface area (Å²) < 4.78 is 2.00. The molecule has 0 saturated carbocycles. The second-order valence-corrected chi connectivity index (χ2v) is 5.03. The Morgan fingerprint density at radius 1 is 0.789 bits per heavy atom. The van der Waals surface area contributed by atoms with Crippen LogP contribution in [0.15, 0.2) is 72.9 Å². The van der Waals surface area contributed by atoms with Gasteiger partial charge in [-0.2, -0.15) is 5.12 Å². The van der Waals surface area contributed by atoms with Crippen molar-refractivity contribution in [1.82, 2.24) is 4.03 Å². The minimum atomic E-state index is 0.818. The molecule has 1 aliphatic heterocycles. The van der Waals surface area contributed by atoms with Gasteiger partial charge in [-0.05, 0) is 30.3 Å². The average molecular weight is 316 g/mol. The van der Waals surface area contributed by atoms with E-state index in [9.17, 15) is 0 Å². The molecule has 4 heteroatoms. The Morgan fingerprint density at radius 3 is 2.00 bits per heavy atom. The largest absolute Gasteiger partial charge is 0.246 e. The highest BCUT2D eigenvalue weighted by molar-refractivity contribution is 9.07. The minimum Gasteiger partial charge on any atom is -0.246 e. The van der Waals surface area contributed by atoms with Crippen molar-refractivity contribution < 1.29 is 0 Å².